The highest BCUT2D eigenvalue weighted by Crippen LogP contribution is 2.34. The van der Waals surface area contributed by atoms with E-state index in [1.807, 2.05) is 42.5 Å². The molecular weight excluding hydrogens is 468 g/mol. The van der Waals surface area contributed by atoms with Gasteiger partial charge in [-0.15, -0.1) is 0 Å². The molecule has 2 aromatic rings. The fraction of sp³-hybridized carbons (Fsp3) is 0.333. The third-order valence-corrected chi connectivity index (χ3v) is 6.80. The summed E-state index contributed by atoms with van der Waals surface area (Å²) in [6.07, 6.45) is 6.67. The highest BCUT2D eigenvalue weighted by atomic mass is 32.2. The lowest BCUT2D eigenvalue weighted by atomic mass is 10.1. The Morgan fingerprint density at radius 1 is 0.857 bits per heavy atom. The molecule has 2 unspecified atom stereocenters. The predicted octanol–water partition coefficient (Wildman–Crippen LogP) is 4.68. The molecule has 3 rings (SSSR count). The number of unbranched alkanes of at least 4 members (excludes halogenated alkanes) is 2. The average Bonchev–Trinajstić information content (AvgIpc) is 2.88. The molecule has 1 aliphatic heterocycles. The van der Waals surface area contributed by atoms with Crippen molar-refractivity contribution in [2.45, 2.75) is 36.0 Å². The molecule has 0 N–H and O–H groups in total. The van der Waals surface area contributed by atoms with Crippen LogP contribution in [-0.2, 0) is 39.3 Å². The van der Waals surface area contributed by atoms with Gasteiger partial charge >= 0.3 is 11.9 Å². The van der Waals surface area contributed by atoms with Crippen molar-refractivity contribution in [3.63, 3.8) is 0 Å². The van der Waals surface area contributed by atoms with Crippen molar-refractivity contribution in [2.24, 2.45) is 0 Å². The van der Waals surface area contributed by atoms with E-state index < -0.39 is 28.2 Å². The van der Waals surface area contributed by atoms with Crippen molar-refractivity contribution < 1.29 is 32.7 Å². The second-order valence-corrected chi connectivity index (χ2v) is 9.25. The van der Waals surface area contributed by atoms with Gasteiger partial charge in [-0.3, -0.25) is 4.21 Å². The lowest BCUT2D eigenvalue weighted by Crippen LogP contribution is -2.27. The lowest BCUT2D eigenvalue weighted by molar-refractivity contribution is -0.138. The number of benzene rings is 2. The van der Waals surface area contributed by atoms with Crippen LogP contribution in [0.3, 0.4) is 0 Å². The van der Waals surface area contributed by atoms with Crippen molar-refractivity contribution in [1.29, 1.82) is 0 Å². The first-order valence-corrected chi connectivity index (χ1v) is 12.7. The van der Waals surface area contributed by atoms with Crippen LogP contribution in [0.2, 0.25) is 0 Å². The largest absolute Gasteiger partial charge is 0.494 e. The van der Waals surface area contributed by atoms with E-state index in [4.69, 9.17) is 18.9 Å². The molecule has 0 radical (unpaired) electrons. The Hall–Kier alpha value is -3.23. The molecular formula is C27H30O7S. The zero-order chi connectivity index (χ0) is 25.0. The molecule has 0 saturated heterocycles. The lowest BCUT2D eigenvalue weighted by Gasteiger charge is -2.26. The van der Waals surface area contributed by atoms with Crippen LogP contribution in [-0.4, -0.2) is 48.0 Å². The molecule has 0 bridgehead atoms. The summed E-state index contributed by atoms with van der Waals surface area (Å²) in [7, 11) is -1.47. The first-order chi connectivity index (χ1) is 17.0. The van der Waals surface area contributed by atoms with Gasteiger partial charge in [0, 0.05) is 23.7 Å². The number of carbonyl (C=O) groups excluding carboxylic acids is 2. The average molecular weight is 499 g/mol. The standard InChI is InChI=1S/C27H30O7S/c1-3-25(28)32-14-8-7-13-31-23-18-22-17-20-11-5-6-12-21(20)19-24(22)35(30)27(23)34-16-10-9-15-33-26(29)4-2/h3-6,11-12,17-19,27H,1-2,7-10,13-16H2. The predicted molar refractivity (Wildman–Crippen MR) is 135 cm³/mol. The number of hydrogen-bond donors (Lipinski definition) is 0. The molecule has 186 valence electrons. The molecule has 0 fully saturated rings. The van der Waals surface area contributed by atoms with Gasteiger partial charge in [0.05, 0.1) is 30.6 Å². The maximum atomic E-state index is 13.5. The van der Waals surface area contributed by atoms with E-state index in [0.717, 1.165) is 28.5 Å². The van der Waals surface area contributed by atoms with Crippen LogP contribution in [0.5, 0.6) is 0 Å². The molecule has 1 aliphatic rings. The van der Waals surface area contributed by atoms with Crippen LogP contribution in [0, 0.1) is 0 Å². The van der Waals surface area contributed by atoms with E-state index in [1.54, 1.807) is 0 Å². The van der Waals surface area contributed by atoms with Gasteiger partial charge < -0.3 is 18.9 Å². The van der Waals surface area contributed by atoms with Gasteiger partial charge in [-0.1, -0.05) is 37.4 Å². The van der Waals surface area contributed by atoms with Gasteiger partial charge in [0.15, 0.2) is 5.44 Å². The van der Waals surface area contributed by atoms with Crippen LogP contribution < -0.4 is 0 Å². The van der Waals surface area contributed by atoms with E-state index in [2.05, 4.69) is 13.2 Å². The van der Waals surface area contributed by atoms with Gasteiger partial charge in [-0.05, 0) is 60.2 Å². The van der Waals surface area contributed by atoms with E-state index in [-0.39, 0.29) is 13.2 Å². The summed E-state index contributed by atoms with van der Waals surface area (Å²) in [4.78, 5) is 23.0. The Kier molecular flexibility index (Phi) is 10.3. The summed E-state index contributed by atoms with van der Waals surface area (Å²) >= 11 is 0. The molecule has 35 heavy (non-hydrogen) atoms. The molecule has 2 aromatic carbocycles. The summed E-state index contributed by atoms with van der Waals surface area (Å²) in [5.74, 6) is -0.402. The Balaban J connectivity index is 1.64. The van der Waals surface area contributed by atoms with Gasteiger partial charge in [-0.2, -0.15) is 0 Å². The molecule has 0 amide bonds. The van der Waals surface area contributed by atoms with E-state index >= 15 is 0 Å². The van der Waals surface area contributed by atoms with E-state index in [9.17, 15) is 13.8 Å². The van der Waals surface area contributed by atoms with Gasteiger partial charge in [0.1, 0.15) is 5.76 Å². The molecule has 0 aliphatic carbocycles. The number of esters is 2. The Bertz CT molecular complexity index is 1120. The van der Waals surface area contributed by atoms with E-state index in [1.165, 1.54) is 0 Å². The Morgan fingerprint density at radius 2 is 1.43 bits per heavy atom. The first kappa shape index (κ1) is 26.4. The first-order valence-electron chi connectivity index (χ1n) is 11.5. The molecule has 0 aromatic heterocycles. The second kappa shape index (κ2) is 13.6. The van der Waals surface area contributed by atoms with Crippen LogP contribution in [0.15, 0.2) is 72.4 Å². The molecule has 0 saturated carbocycles. The summed E-state index contributed by atoms with van der Waals surface area (Å²) < 4.78 is 35.4. The maximum Gasteiger partial charge on any atom is 0.330 e. The van der Waals surface area contributed by atoms with Crippen molar-refractivity contribution in [1.82, 2.24) is 0 Å². The third kappa shape index (κ3) is 7.63. The minimum Gasteiger partial charge on any atom is -0.494 e. The molecule has 1 heterocycles. The maximum absolute atomic E-state index is 13.5. The molecule has 0 spiro atoms. The highest BCUT2D eigenvalue weighted by Gasteiger charge is 2.31. The van der Waals surface area contributed by atoms with Gasteiger partial charge in [0.2, 0.25) is 0 Å². The number of carbonyl (C=O) groups is 2. The minimum absolute atomic E-state index is 0.270. The number of fused-ring (bicyclic) bond motifs is 2. The van der Waals surface area contributed by atoms with Crippen LogP contribution >= 0.6 is 0 Å². The van der Waals surface area contributed by atoms with Gasteiger partial charge in [0.25, 0.3) is 0 Å². The fourth-order valence-electron chi connectivity index (χ4n) is 3.47. The quantitative estimate of drug-likeness (QED) is 0.212. The third-order valence-electron chi connectivity index (χ3n) is 5.26. The van der Waals surface area contributed by atoms with Crippen LogP contribution in [0.4, 0.5) is 0 Å². The summed E-state index contributed by atoms with van der Waals surface area (Å²) in [5.41, 5.74) is 0.103. The summed E-state index contributed by atoms with van der Waals surface area (Å²) in [6, 6.07) is 11.9. The van der Waals surface area contributed by atoms with Gasteiger partial charge in [-0.25, -0.2) is 9.59 Å². The Labute approximate surface area is 207 Å². The SMILES string of the molecule is C=CC(=O)OCCCCOC1=Cc2cc3ccccc3cc2S(=O)C1OCCCCOC(=O)C=C. The number of hydrogen-bond acceptors (Lipinski definition) is 7. The number of rotatable bonds is 14. The van der Waals surface area contributed by atoms with Crippen molar-refractivity contribution >= 4 is 39.6 Å². The second-order valence-electron chi connectivity index (χ2n) is 7.79. The highest BCUT2D eigenvalue weighted by molar-refractivity contribution is 7.86. The number of ether oxygens (including phenoxy) is 4. The van der Waals surface area contributed by atoms with Crippen LogP contribution in [0.25, 0.3) is 16.8 Å². The van der Waals surface area contributed by atoms with Crippen LogP contribution in [0.1, 0.15) is 31.2 Å². The van der Waals surface area contributed by atoms with Crippen molar-refractivity contribution in [2.75, 3.05) is 26.4 Å². The fourth-order valence-corrected chi connectivity index (χ4v) is 4.86. The Morgan fingerprint density at radius 3 is 2.06 bits per heavy atom. The summed E-state index contributed by atoms with van der Waals surface area (Å²) in [6.45, 7) is 7.99. The normalized spacial score (nSPS) is 16.6. The molecule has 7 nitrogen and oxygen atoms in total. The molecule has 2 atom stereocenters. The minimum atomic E-state index is -1.47. The zero-order valence-corrected chi connectivity index (χ0v) is 20.4. The smallest absolute Gasteiger partial charge is 0.330 e. The summed E-state index contributed by atoms with van der Waals surface area (Å²) in [5, 5.41) is 2.06. The van der Waals surface area contributed by atoms with Crippen molar-refractivity contribution in [3.05, 3.63) is 73.0 Å². The monoisotopic (exact) mass is 498 g/mol. The molecule has 8 heteroatoms. The van der Waals surface area contributed by atoms with E-state index in [0.29, 0.717) is 49.6 Å². The van der Waals surface area contributed by atoms with Crippen molar-refractivity contribution in [3.8, 4) is 0 Å². The topological polar surface area (TPSA) is 88.1 Å². The zero-order valence-electron chi connectivity index (χ0n) is 19.6.